The van der Waals surface area contributed by atoms with Crippen LogP contribution in [0.2, 0.25) is 0 Å². The second-order valence-corrected chi connectivity index (χ2v) is 6.77. The molecule has 0 bridgehead atoms. The van der Waals surface area contributed by atoms with Gasteiger partial charge in [-0.1, -0.05) is 13.8 Å². The van der Waals surface area contributed by atoms with Crippen LogP contribution in [0.4, 0.5) is 0 Å². The van der Waals surface area contributed by atoms with E-state index in [2.05, 4.69) is 30.0 Å². The Morgan fingerprint density at radius 1 is 1.40 bits per heavy atom. The van der Waals surface area contributed by atoms with Crippen molar-refractivity contribution in [2.24, 2.45) is 5.14 Å². The molecular weight excluding hydrogens is 272 g/mol. The number of fused-ring (bicyclic) bond motifs is 1. The molecule has 0 aromatic carbocycles. The summed E-state index contributed by atoms with van der Waals surface area (Å²) in [6.07, 6.45) is 5.58. The summed E-state index contributed by atoms with van der Waals surface area (Å²) in [5, 5.41) is 10.9. The number of hydrogen-bond donors (Lipinski definition) is 1. The third-order valence-electron chi connectivity index (χ3n) is 3.57. The average molecular weight is 294 g/mol. The Labute approximate surface area is 122 Å². The predicted molar refractivity (Wildman–Crippen MR) is 82.6 cm³/mol. The van der Waals surface area contributed by atoms with Crippen LogP contribution in [0.25, 0.3) is 10.9 Å². The van der Waals surface area contributed by atoms with E-state index in [0.717, 1.165) is 36.0 Å². The van der Waals surface area contributed by atoms with Crippen molar-refractivity contribution in [3.05, 3.63) is 24.2 Å². The van der Waals surface area contributed by atoms with E-state index in [0.29, 0.717) is 0 Å². The van der Waals surface area contributed by atoms with Crippen LogP contribution in [-0.2, 0) is 17.5 Å². The van der Waals surface area contributed by atoms with Gasteiger partial charge in [0, 0.05) is 22.9 Å². The maximum Gasteiger partial charge on any atom is 0.0917 e. The Balaban J connectivity index is 2.21. The van der Waals surface area contributed by atoms with Gasteiger partial charge in [0.15, 0.2) is 0 Å². The van der Waals surface area contributed by atoms with Crippen molar-refractivity contribution < 1.29 is 4.21 Å². The van der Waals surface area contributed by atoms with Gasteiger partial charge in [0.1, 0.15) is 0 Å². The van der Waals surface area contributed by atoms with Gasteiger partial charge in [0.25, 0.3) is 0 Å². The fraction of sp³-hybridized carbons (Fsp3) is 0.571. The molecule has 2 unspecified atom stereocenters. The molecule has 2 N–H and O–H groups in total. The Morgan fingerprint density at radius 3 is 2.80 bits per heavy atom. The van der Waals surface area contributed by atoms with Crippen LogP contribution in [0.5, 0.6) is 0 Å². The van der Waals surface area contributed by atoms with E-state index in [4.69, 9.17) is 5.14 Å². The van der Waals surface area contributed by atoms with Crippen molar-refractivity contribution in [3.63, 3.8) is 0 Å². The molecule has 0 spiro atoms. The molecule has 20 heavy (non-hydrogen) atoms. The normalized spacial score (nSPS) is 16.2. The summed E-state index contributed by atoms with van der Waals surface area (Å²) in [7, 11) is -1.27. The SMILES string of the molecule is CCCn1ncc2cc([C@H](C)CC(C)S(N)=O)ncc21. The zero-order valence-corrected chi connectivity index (χ0v) is 13.1. The monoisotopic (exact) mass is 294 g/mol. The first-order chi connectivity index (χ1) is 9.52. The summed E-state index contributed by atoms with van der Waals surface area (Å²) in [5.74, 6) is 0.233. The summed E-state index contributed by atoms with van der Waals surface area (Å²) < 4.78 is 13.2. The maximum atomic E-state index is 11.3. The third-order valence-corrected chi connectivity index (χ3v) is 4.56. The van der Waals surface area contributed by atoms with E-state index in [-0.39, 0.29) is 11.2 Å². The second-order valence-electron chi connectivity index (χ2n) is 5.31. The second kappa shape index (κ2) is 6.45. The number of rotatable bonds is 6. The number of hydrogen-bond acceptors (Lipinski definition) is 3. The van der Waals surface area contributed by atoms with Crippen LogP contribution in [-0.4, -0.2) is 24.2 Å². The molecule has 0 radical (unpaired) electrons. The van der Waals surface area contributed by atoms with Gasteiger partial charge >= 0.3 is 0 Å². The van der Waals surface area contributed by atoms with Crippen LogP contribution >= 0.6 is 0 Å². The highest BCUT2D eigenvalue weighted by molar-refractivity contribution is 7.83. The zero-order chi connectivity index (χ0) is 14.7. The molecule has 0 fully saturated rings. The maximum absolute atomic E-state index is 11.3. The number of nitrogens with two attached hydrogens (primary N) is 1. The molecule has 5 nitrogen and oxygen atoms in total. The number of aryl methyl sites for hydroxylation is 1. The van der Waals surface area contributed by atoms with E-state index in [1.165, 1.54) is 0 Å². The fourth-order valence-electron chi connectivity index (χ4n) is 2.37. The topological polar surface area (TPSA) is 73.8 Å². The van der Waals surface area contributed by atoms with E-state index < -0.39 is 11.0 Å². The smallest absolute Gasteiger partial charge is 0.0917 e. The molecule has 6 heteroatoms. The summed E-state index contributed by atoms with van der Waals surface area (Å²) in [6, 6.07) is 2.07. The van der Waals surface area contributed by atoms with Gasteiger partial charge in [-0.25, -0.2) is 4.21 Å². The quantitative estimate of drug-likeness (QED) is 0.888. The molecule has 2 aromatic heterocycles. The lowest BCUT2D eigenvalue weighted by molar-refractivity contribution is 0.619. The Morgan fingerprint density at radius 2 is 2.15 bits per heavy atom. The molecule has 2 aromatic rings. The molecule has 2 rings (SSSR count). The third kappa shape index (κ3) is 3.24. The summed E-state index contributed by atoms with van der Waals surface area (Å²) in [4.78, 5) is 4.53. The molecule has 3 atom stereocenters. The highest BCUT2D eigenvalue weighted by atomic mass is 32.2. The van der Waals surface area contributed by atoms with Crippen LogP contribution in [0.1, 0.15) is 45.2 Å². The van der Waals surface area contributed by atoms with Gasteiger partial charge in [-0.05, 0) is 31.7 Å². The largest absolute Gasteiger partial charge is 0.263 e. The Hall–Kier alpha value is -1.27. The fourth-order valence-corrected chi connectivity index (χ4v) is 2.85. The van der Waals surface area contributed by atoms with Gasteiger partial charge in [-0.3, -0.25) is 14.8 Å². The van der Waals surface area contributed by atoms with E-state index in [9.17, 15) is 4.21 Å². The molecule has 0 aliphatic rings. The number of pyridine rings is 1. The average Bonchev–Trinajstić information content (AvgIpc) is 2.81. The summed E-state index contributed by atoms with van der Waals surface area (Å²) in [6.45, 7) is 7.04. The minimum absolute atomic E-state index is 0.0229. The first-order valence-corrected chi connectivity index (χ1v) is 8.27. The molecule has 0 aliphatic heterocycles. The Kier molecular flexibility index (Phi) is 4.88. The molecule has 0 amide bonds. The molecule has 0 aliphatic carbocycles. The lowest BCUT2D eigenvalue weighted by Gasteiger charge is -2.14. The molecule has 0 saturated carbocycles. The van der Waals surface area contributed by atoms with Crippen molar-refractivity contribution in [3.8, 4) is 0 Å². The van der Waals surface area contributed by atoms with Gasteiger partial charge in [0.2, 0.25) is 0 Å². The van der Waals surface area contributed by atoms with E-state index in [1.54, 1.807) is 0 Å². The van der Waals surface area contributed by atoms with Gasteiger partial charge in [-0.2, -0.15) is 5.10 Å². The van der Waals surface area contributed by atoms with Crippen LogP contribution in [0.15, 0.2) is 18.5 Å². The molecule has 0 saturated heterocycles. The highest BCUT2D eigenvalue weighted by Crippen LogP contribution is 2.23. The first-order valence-electron chi connectivity index (χ1n) is 6.99. The van der Waals surface area contributed by atoms with Crippen LogP contribution in [0, 0.1) is 0 Å². The van der Waals surface area contributed by atoms with Crippen molar-refractivity contribution in [2.45, 2.75) is 51.3 Å². The summed E-state index contributed by atoms with van der Waals surface area (Å²) in [5.41, 5.74) is 2.07. The number of aromatic nitrogens is 3. The summed E-state index contributed by atoms with van der Waals surface area (Å²) >= 11 is 0. The van der Waals surface area contributed by atoms with E-state index in [1.807, 2.05) is 24.0 Å². The van der Waals surface area contributed by atoms with Crippen molar-refractivity contribution in [2.75, 3.05) is 0 Å². The standard InChI is InChI=1S/C14H22N4OS/c1-4-5-18-14-9-16-13(7-12(14)8-17-18)10(2)6-11(3)20(15)19/h7-11H,4-6,15H2,1-3H3/t10-,11?,20?/m1/s1. The lowest BCUT2D eigenvalue weighted by atomic mass is 10.0. The van der Waals surface area contributed by atoms with Crippen LogP contribution < -0.4 is 5.14 Å². The number of nitrogens with zero attached hydrogens (tertiary/aromatic N) is 3. The van der Waals surface area contributed by atoms with Crippen molar-refractivity contribution in [1.29, 1.82) is 0 Å². The molecule has 110 valence electrons. The lowest BCUT2D eigenvalue weighted by Crippen LogP contribution is -2.20. The van der Waals surface area contributed by atoms with Crippen molar-refractivity contribution in [1.82, 2.24) is 14.8 Å². The van der Waals surface area contributed by atoms with Gasteiger partial charge < -0.3 is 0 Å². The zero-order valence-electron chi connectivity index (χ0n) is 12.2. The predicted octanol–water partition coefficient (Wildman–Crippen LogP) is 2.35. The van der Waals surface area contributed by atoms with Gasteiger partial charge in [-0.15, -0.1) is 0 Å². The minimum Gasteiger partial charge on any atom is -0.263 e. The first kappa shape index (κ1) is 15.1. The Bertz CT molecular complexity index is 610. The van der Waals surface area contributed by atoms with E-state index >= 15 is 0 Å². The minimum atomic E-state index is -1.27. The molecule has 2 heterocycles. The van der Waals surface area contributed by atoms with Gasteiger partial charge in [0.05, 0.1) is 28.9 Å². The van der Waals surface area contributed by atoms with Crippen LogP contribution in [0.3, 0.4) is 0 Å². The molecular formula is C14H22N4OS. The highest BCUT2D eigenvalue weighted by Gasteiger charge is 2.16. The van der Waals surface area contributed by atoms with Crippen molar-refractivity contribution >= 4 is 21.9 Å².